The molecule has 0 radical (unpaired) electrons. The molecule has 0 spiro atoms. The second-order valence-corrected chi connectivity index (χ2v) is 5.57. The molecule has 112 valence electrons. The minimum absolute atomic E-state index is 0.0190. The first-order valence-electron chi connectivity index (χ1n) is 7.17. The summed E-state index contributed by atoms with van der Waals surface area (Å²) in [5.74, 6) is 6.77. The van der Waals surface area contributed by atoms with Gasteiger partial charge in [-0.15, -0.1) is 0 Å². The van der Waals surface area contributed by atoms with Crippen molar-refractivity contribution in [2.45, 2.75) is 33.7 Å². The van der Waals surface area contributed by atoms with Crippen LogP contribution in [0.2, 0.25) is 0 Å². The van der Waals surface area contributed by atoms with Crippen LogP contribution in [0.4, 0.5) is 0 Å². The highest BCUT2D eigenvalue weighted by molar-refractivity contribution is 5.48. The van der Waals surface area contributed by atoms with Gasteiger partial charge in [0.15, 0.2) is 0 Å². The molecule has 0 saturated carbocycles. The van der Waals surface area contributed by atoms with Gasteiger partial charge in [0.05, 0.1) is 13.2 Å². The van der Waals surface area contributed by atoms with E-state index >= 15 is 0 Å². The molecule has 0 saturated heterocycles. The number of hydrogen-bond acceptors (Lipinski definition) is 3. The van der Waals surface area contributed by atoms with Crippen molar-refractivity contribution in [1.29, 1.82) is 0 Å². The number of aryl methyl sites for hydroxylation is 3. The molecule has 0 aliphatic rings. The van der Waals surface area contributed by atoms with E-state index in [4.69, 9.17) is 10.6 Å². The zero-order chi connectivity index (χ0) is 15.6. The van der Waals surface area contributed by atoms with Crippen molar-refractivity contribution < 1.29 is 4.74 Å². The Hall–Kier alpha value is -1.84. The van der Waals surface area contributed by atoms with Gasteiger partial charge in [-0.2, -0.15) is 0 Å². The van der Waals surface area contributed by atoms with Gasteiger partial charge in [-0.05, 0) is 67.1 Å². The number of nitrogens with two attached hydrogens (primary N) is 1. The van der Waals surface area contributed by atoms with E-state index in [2.05, 4.69) is 63.5 Å². The van der Waals surface area contributed by atoms with Gasteiger partial charge in [-0.3, -0.25) is 5.84 Å². The van der Waals surface area contributed by atoms with E-state index in [-0.39, 0.29) is 6.04 Å². The molecule has 3 N–H and O–H groups in total. The number of hydrazine groups is 1. The lowest BCUT2D eigenvalue weighted by molar-refractivity contribution is 0.411. The Morgan fingerprint density at radius 3 is 2.29 bits per heavy atom. The minimum Gasteiger partial charge on any atom is -0.496 e. The van der Waals surface area contributed by atoms with Gasteiger partial charge in [0, 0.05) is 0 Å². The Morgan fingerprint density at radius 2 is 1.67 bits per heavy atom. The van der Waals surface area contributed by atoms with E-state index < -0.39 is 0 Å². The molecule has 2 aromatic carbocycles. The molecular formula is C18H24N2O. The first-order valence-corrected chi connectivity index (χ1v) is 7.17. The number of rotatable bonds is 4. The Balaban J connectivity index is 2.57. The molecule has 0 heterocycles. The highest BCUT2D eigenvalue weighted by atomic mass is 16.5. The summed E-state index contributed by atoms with van der Waals surface area (Å²) in [4.78, 5) is 0. The van der Waals surface area contributed by atoms with Crippen molar-refractivity contribution in [2.24, 2.45) is 5.84 Å². The van der Waals surface area contributed by atoms with Gasteiger partial charge in [0.25, 0.3) is 0 Å². The van der Waals surface area contributed by atoms with Crippen molar-refractivity contribution in [1.82, 2.24) is 5.43 Å². The summed E-state index contributed by atoms with van der Waals surface area (Å²) in [5, 5.41) is 0. The van der Waals surface area contributed by atoms with E-state index in [1.807, 2.05) is 0 Å². The van der Waals surface area contributed by atoms with E-state index in [0.29, 0.717) is 0 Å². The third kappa shape index (κ3) is 2.94. The van der Waals surface area contributed by atoms with E-state index in [0.717, 1.165) is 11.3 Å². The van der Waals surface area contributed by atoms with Crippen molar-refractivity contribution in [3.63, 3.8) is 0 Å². The standard InChI is InChI=1S/C18H24N2O/c1-11-7-6-8-15(14(11)4)18(20-19)16-9-13(3)17(21-5)10-12(16)2/h6-10,18,20H,19H2,1-5H3. The zero-order valence-electron chi connectivity index (χ0n) is 13.4. The lowest BCUT2D eigenvalue weighted by Crippen LogP contribution is -2.30. The van der Waals surface area contributed by atoms with Crippen molar-refractivity contribution in [2.75, 3.05) is 7.11 Å². The maximum Gasteiger partial charge on any atom is 0.122 e. The molecule has 0 aromatic heterocycles. The Morgan fingerprint density at radius 1 is 0.952 bits per heavy atom. The average Bonchev–Trinajstić information content (AvgIpc) is 2.47. The molecule has 3 heteroatoms. The molecule has 0 bridgehead atoms. The van der Waals surface area contributed by atoms with Crippen LogP contribution in [-0.2, 0) is 0 Å². The molecule has 21 heavy (non-hydrogen) atoms. The smallest absolute Gasteiger partial charge is 0.122 e. The quantitative estimate of drug-likeness (QED) is 0.667. The first-order chi connectivity index (χ1) is 9.99. The fourth-order valence-electron chi connectivity index (χ4n) is 2.78. The van der Waals surface area contributed by atoms with Crippen molar-refractivity contribution >= 4 is 0 Å². The highest BCUT2D eigenvalue weighted by Crippen LogP contribution is 2.31. The van der Waals surface area contributed by atoms with Crippen LogP contribution in [0.5, 0.6) is 5.75 Å². The molecular weight excluding hydrogens is 260 g/mol. The van der Waals surface area contributed by atoms with E-state index in [9.17, 15) is 0 Å². The Bertz CT molecular complexity index is 650. The van der Waals surface area contributed by atoms with Gasteiger partial charge in [-0.1, -0.05) is 24.3 Å². The predicted octanol–water partition coefficient (Wildman–Crippen LogP) is 3.48. The number of nitrogens with one attached hydrogen (secondary N) is 1. The number of methoxy groups -OCH3 is 1. The topological polar surface area (TPSA) is 47.3 Å². The summed E-state index contributed by atoms with van der Waals surface area (Å²) in [7, 11) is 1.70. The Labute approximate surface area is 127 Å². The van der Waals surface area contributed by atoms with Crippen LogP contribution in [-0.4, -0.2) is 7.11 Å². The molecule has 2 aromatic rings. The van der Waals surface area contributed by atoms with Crippen molar-refractivity contribution in [3.05, 3.63) is 63.7 Å². The van der Waals surface area contributed by atoms with Crippen LogP contribution in [0.25, 0.3) is 0 Å². The normalized spacial score (nSPS) is 12.3. The van der Waals surface area contributed by atoms with Crippen molar-refractivity contribution in [3.8, 4) is 5.75 Å². The molecule has 1 atom stereocenters. The van der Waals surface area contributed by atoms with E-state index in [1.54, 1.807) is 7.11 Å². The fraction of sp³-hybridized carbons (Fsp3) is 0.333. The lowest BCUT2D eigenvalue weighted by atomic mass is 9.90. The molecule has 0 aliphatic carbocycles. The van der Waals surface area contributed by atoms with Gasteiger partial charge < -0.3 is 4.74 Å². The summed E-state index contributed by atoms with van der Waals surface area (Å²) >= 11 is 0. The predicted molar refractivity (Wildman–Crippen MR) is 87.6 cm³/mol. The summed E-state index contributed by atoms with van der Waals surface area (Å²) in [6.45, 7) is 8.41. The monoisotopic (exact) mass is 284 g/mol. The third-order valence-electron chi connectivity index (χ3n) is 4.22. The maximum atomic E-state index is 5.86. The summed E-state index contributed by atoms with van der Waals surface area (Å²) in [5.41, 5.74) is 10.2. The van der Waals surface area contributed by atoms with Crippen LogP contribution in [0.3, 0.4) is 0 Å². The number of ether oxygens (including phenoxy) is 1. The molecule has 3 nitrogen and oxygen atoms in total. The second-order valence-electron chi connectivity index (χ2n) is 5.57. The molecule has 0 amide bonds. The second kappa shape index (κ2) is 6.29. The molecule has 0 fully saturated rings. The van der Waals surface area contributed by atoms with Gasteiger partial charge in [-0.25, -0.2) is 5.43 Å². The van der Waals surface area contributed by atoms with Gasteiger partial charge >= 0.3 is 0 Å². The minimum atomic E-state index is -0.0190. The number of benzene rings is 2. The highest BCUT2D eigenvalue weighted by Gasteiger charge is 2.18. The van der Waals surface area contributed by atoms with Crippen LogP contribution < -0.4 is 16.0 Å². The van der Waals surface area contributed by atoms with E-state index in [1.165, 1.54) is 27.8 Å². The molecule has 2 rings (SSSR count). The third-order valence-corrected chi connectivity index (χ3v) is 4.22. The Kier molecular flexibility index (Phi) is 4.66. The van der Waals surface area contributed by atoms with Gasteiger partial charge in [0.2, 0.25) is 0 Å². The fourth-order valence-corrected chi connectivity index (χ4v) is 2.78. The first kappa shape index (κ1) is 15.5. The molecule has 1 unspecified atom stereocenters. The van der Waals surface area contributed by atoms with Crippen LogP contribution in [0.15, 0.2) is 30.3 Å². The lowest BCUT2D eigenvalue weighted by Gasteiger charge is -2.23. The summed E-state index contributed by atoms with van der Waals surface area (Å²) in [6, 6.07) is 10.5. The van der Waals surface area contributed by atoms with Crippen LogP contribution in [0.1, 0.15) is 39.4 Å². The summed E-state index contributed by atoms with van der Waals surface area (Å²) in [6.07, 6.45) is 0. The maximum absolute atomic E-state index is 5.86. The SMILES string of the molecule is COc1cc(C)c(C(NN)c2cccc(C)c2C)cc1C. The zero-order valence-corrected chi connectivity index (χ0v) is 13.4. The largest absolute Gasteiger partial charge is 0.496 e. The van der Waals surface area contributed by atoms with Crippen LogP contribution >= 0.6 is 0 Å². The summed E-state index contributed by atoms with van der Waals surface area (Å²) < 4.78 is 5.39. The number of hydrogen-bond donors (Lipinski definition) is 2. The van der Waals surface area contributed by atoms with Gasteiger partial charge in [0.1, 0.15) is 5.75 Å². The average molecular weight is 284 g/mol. The molecule has 0 aliphatic heterocycles. The van der Waals surface area contributed by atoms with Crippen LogP contribution in [0, 0.1) is 27.7 Å².